The third-order valence-corrected chi connectivity index (χ3v) is 3.23. The molecule has 0 aromatic heterocycles. The van der Waals surface area contributed by atoms with Gasteiger partial charge in [0.2, 0.25) is 0 Å². The lowest BCUT2D eigenvalue weighted by Gasteiger charge is -2.19. The lowest BCUT2D eigenvalue weighted by atomic mass is 10.2. The van der Waals surface area contributed by atoms with Gasteiger partial charge in [0.05, 0.1) is 59.3 Å². The van der Waals surface area contributed by atoms with Gasteiger partial charge in [-0.2, -0.15) is 0 Å². The second kappa shape index (κ2) is 15.3. The summed E-state index contributed by atoms with van der Waals surface area (Å²) in [6.45, 7) is 9.83. The van der Waals surface area contributed by atoms with Gasteiger partial charge in [-0.3, -0.25) is 4.79 Å². The largest absolute Gasteiger partial charge is 0.491 e. The van der Waals surface area contributed by atoms with Crippen molar-refractivity contribution in [1.82, 2.24) is 0 Å². The van der Waals surface area contributed by atoms with Crippen molar-refractivity contribution >= 4 is 5.97 Å². The van der Waals surface area contributed by atoms with Crippen LogP contribution in [0.2, 0.25) is 0 Å². The summed E-state index contributed by atoms with van der Waals surface area (Å²) in [5.74, 6) is 0.587. The Morgan fingerprint density at radius 2 is 1.18 bits per heavy atom. The van der Waals surface area contributed by atoms with Crippen LogP contribution in [-0.4, -0.2) is 71.0 Å². The third-order valence-electron chi connectivity index (χ3n) is 3.23. The molecule has 0 atom stereocenters. The van der Waals surface area contributed by atoms with Crippen LogP contribution in [-0.2, 0) is 28.5 Å². The molecule has 0 saturated heterocycles. The molecule has 7 nitrogen and oxygen atoms in total. The van der Waals surface area contributed by atoms with Crippen molar-refractivity contribution in [2.24, 2.45) is 0 Å². The van der Waals surface area contributed by atoms with Crippen LogP contribution in [0.5, 0.6) is 5.75 Å². The zero-order valence-corrected chi connectivity index (χ0v) is 17.3. The van der Waals surface area contributed by atoms with Gasteiger partial charge in [-0.1, -0.05) is 18.2 Å². The molecular formula is C21H34O7. The Bertz CT molecular complexity index is 499. The maximum Gasteiger partial charge on any atom is 0.308 e. The van der Waals surface area contributed by atoms with Gasteiger partial charge in [0, 0.05) is 0 Å². The first kappa shape index (κ1) is 24.4. The van der Waals surface area contributed by atoms with Crippen LogP contribution in [0.25, 0.3) is 0 Å². The molecule has 0 N–H and O–H groups in total. The topological polar surface area (TPSA) is 72.5 Å². The molecule has 0 spiro atoms. The minimum atomic E-state index is -0.457. The van der Waals surface area contributed by atoms with Gasteiger partial charge in [0.15, 0.2) is 0 Å². The number of hydrogen-bond donors (Lipinski definition) is 0. The van der Waals surface area contributed by atoms with E-state index in [0.29, 0.717) is 59.5 Å². The highest BCUT2D eigenvalue weighted by molar-refractivity contribution is 5.69. The highest BCUT2D eigenvalue weighted by Gasteiger charge is 2.15. The van der Waals surface area contributed by atoms with Gasteiger partial charge in [-0.25, -0.2) is 0 Å². The van der Waals surface area contributed by atoms with Gasteiger partial charge in [-0.15, -0.1) is 0 Å². The van der Waals surface area contributed by atoms with E-state index in [1.807, 2.05) is 51.1 Å². The molecule has 0 unspecified atom stereocenters. The van der Waals surface area contributed by atoms with Crippen LogP contribution in [0.3, 0.4) is 0 Å². The van der Waals surface area contributed by atoms with E-state index in [4.69, 9.17) is 28.4 Å². The van der Waals surface area contributed by atoms with Gasteiger partial charge >= 0.3 is 5.97 Å². The molecule has 28 heavy (non-hydrogen) atoms. The number of benzene rings is 1. The van der Waals surface area contributed by atoms with E-state index in [-0.39, 0.29) is 12.4 Å². The minimum absolute atomic E-state index is 0.247. The van der Waals surface area contributed by atoms with E-state index in [9.17, 15) is 4.79 Å². The molecule has 0 aliphatic heterocycles. The van der Waals surface area contributed by atoms with E-state index in [2.05, 4.69) is 0 Å². The second-order valence-corrected chi connectivity index (χ2v) is 6.95. The van der Waals surface area contributed by atoms with Crippen molar-refractivity contribution in [3.05, 3.63) is 30.3 Å². The average Bonchev–Trinajstić information content (AvgIpc) is 2.64. The van der Waals surface area contributed by atoms with Crippen molar-refractivity contribution in [2.45, 2.75) is 32.8 Å². The monoisotopic (exact) mass is 398 g/mol. The van der Waals surface area contributed by atoms with Crippen molar-refractivity contribution in [2.75, 3.05) is 59.5 Å². The molecule has 7 heteroatoms. The predicted molar refractivity (Wildman–Crippen MR) is 106 cm³/mol. The zero-order chi connectivity index (χ0) is 20.5. The summed E-state index contributed by atoms with van der Waals surface area (Å²) in [4.78, 5) is 11.5. The molecule has 0 aliphatic carbocycles. The Hall–Kier alpha value is -1.67. The fourth-order valence-corrected chi connectivity index (χ4v) is 2.05. The minimum Gasteiger partial charge on any atom is -0.491 e. The van der Waals surface area contributed by atoms with E-state index in [1.54, 1.807) is 0 Å². The Morgan fingerprint density at radius 3 is 1.68 bits per heavy atom. The highest BCUT2D eigenvalue weighted by atomic mass is 16.6. The number of rotatable bonds is 16. The molecule has 0 heterocycles. The maximum absolute atomic E-state index is 11.5. The van der Waals surface area contributed by atoms with Gasteiger partial charge in [0.25, 0.3) is 0 Å². The van der Waals surface area contributed by atoms with Gasteiger partial charge in [0.1, 0.15) is 18.0 Å². The fraction of sp³-hybridized carbons (Fsp3) is 0.667. The van der Waals surface area contributed by atoms with E-state index < -0.39 is 5.60 Å². The smallest absolute Gasteiger partial charge is 0.308 e. The Balaban J connectivity index is 1.76. The summed E-state index contributed by atoms with van der Waals surface area (Å²) in [6, 6.07) is 9.64. The number of carbonyl (C=O) groups is 1. The maximum atomic E-state index is 11.5. The van der Waals surface area contributed by atoms with Crippen LogP contribution in [0.4, 0.5) is 0 Å². The van der Waals surface area contributed by atoms with E-state index in [1.165, 1.54) is 0 Å². The molecule has 1 rings (SSSR count). The second-order valence-electron chi connectivity index (χ2n) is 6.95. The number of hydrogen-bond acceptors (Lipinski definition) is 7. The first-order valence-corrected chi connectivity index (χ1v) is 9.68. The van der Waals surface area contributed by atoms with Gasteiger partial charge in [-0.05, 0) is 32.9 Å². The normalized spacial score (nSPS) is 11.4. The van der Waals surface area contributed by atoms with Crippen LogP contribution in [0, 0.1) is 0 Å². The first-order chi connectivity index (χ1) is 13.5. The molecule has 1 aromatic rings. The molecule has 0 radical (unpaired) electrons. The molecule has 1 aromatic carbocycles. The average molecular weight is 398 g/mol. The van der Waals surface area contributed by atoms with Crippen LogP contribution in [0.15, 0.2) is 30.3 Å². The Labute approximate surface area is 168 Å². The summed E-state index contributed by atoms with van der Waals surface area (Å²) in [7, 11) is 0. The van der Waals surface area contributed by atoms with Crippen LogP contribution in [0.1, 0.15) is 27.2 Å². The van der Waals surface area contributed by atoms with Crippen molar-refractivity contribution in [3.8, 4) is 5.75 Å². The molecule has 0 bridgehead atoms. The lowest BCUT2D eigenvalue weighted by molar-refractivity contribution is -0.156. The zero-order valence-electron chi connectivity index (χ0n) is 17.3. The molecule has 0 saturated carbocycles. The molecule has 0 aliphatic rings. The summed E-state index contributed by atoms with van der Waals surface area (Å²) >= 11 is 0. The number of carbonyl (C=O) groups excluding carboxylic acids is 1. The first-order valence-electron chi connectivity index (χ1n) is 9.68. The number of esters is 1. The van der Waals surface area contributed by atoms with Crippen LogP contribution >= 0.6 is 0 Å². The van der Waals surface area contributed by atoms with Gasteiger partial charge < -0.3 is 28.4 Å². The summed E-state index contributed by atoms with van der Waals surface area (Å²) in [5.41, 5.74) is -0.457. The van der Waals surface area contributed by atoms with Crippen molar-refractivity contribution < 1.29 is 33.2 Å². The number of ether oxygens (including phenoxy) is 6. The van der Waals surface area contributed by atoms with Crippen molar-refractivity contribution in [1.29, 1.82) is 0 Å². The number of para-hydroxylation sites is 1. The Kier molecular flexibility index (Phi) is 13.3. The van der Waals surface area contributed by atoms with Crippen molar-refractivity contribution in [3.63, 3.8) is 0 Å². The lowest BCUT2D eigenvalue weighted by Crippen LogP contribution is -2.24. The highest BCUT2D eigenvalue weighted by Crippen LogP contribution is 2.08. The predicted octanol–water partition coefficient (Wildman–Crippen LogP) is 2.86. The van der Waals surface area contributed by atoms with Crippen LogP contribution < -0.4 is 4.74 Å². The standard InChI is InChI=1S/C21H34O7/c1-21(2,3)28-20(22)9-10-23-11-12-24-13-14-25-15-16-26-17-18-27-19-7-5-4-6-8-19/h4-8H,9-18H2,1-3H3. The molecular weight excluding hydrogens is 364 g/mol. The summed E-state index contributed by atoms with van der Waals surface area (Å²) in [5, 5.41) is 0. The third kappa shape index (κ3) is 15.4. The quantitative estimate of drug-likeness (QED) is 0.313. The molecule has 160 valence electrons. The summed E-state index contributed by atoms with van der Waals surface area (Å²) in [6.07, 6.45) is 0.247. The fourth-order valence-electron chi connectivity index (χ4n) is 2.05. The summed E-state index contributed by atoms with van der Waals surface area (Å²) < 4.78 is 32.3. The van der Waals surface area contributed by atoms with E-state index >= 15 is 0 Å². The Morgan fingerprint density at radius 1 is 0.714 bits per heavy atom. The van der Waals surface area contributed by atoms with E-state index in [0.717, 1.165) is 5.75 Å². The molecule has 0 amide bonds. The SMILES string of the molecule is CC(C)(C)OC(=O)CCOCCOCCOCCOCCOc1ccccc1. The molecule has 0 fully saturated rings.